The zero-order chi connectivity index (χ0) is 24.5. The van der Waals surface area contributed by atoms with Gasteiger partial charge in [-0.3, -0.25) is 9.59 Å². The Labute approximate surface area is 217 Å². The fourth-order valence-electron chi connectivity index (χ4n) is 2.80. The Bertz CT molecular complexity index is 1030. The zero-order valence-electron chi connectivity index (χ0n) is 18.7. The number of ether oxygens (including phenoxy) is 2. The van der Waals surface area contributed by atoms with E-state index in [1.54, 1.807) is 19.2 Å². The molecule has 0 radical (unpaired) electrons. The standard InChI is InChI=1S/C23H26Cl2IN3O4/c1-5-8-33-21-18(26)9-14(10-19(21)32-4)12-27-29-23(31)20(13(2)3)28-22(30)15-6-7-16(24)17(25)11-15/h6-7,9-13,20H,5,8H2,1-4H3,(H,28,30)(H,29,31)/b27-12+. The van der Waals surface area contributed by atoms with Crippen molar-refractivity contribution < 1.29 is 19.1 Å². The average Bonchev–Trinajstić information content (AvgIpc) is 2.77. The van der Waals surface area contributed by atoms with Crippen LogP contribution in [0.25, 0.3) is 0 Å². The molecule has 0 saturated heterocycles. The van der Waals surface area contributed by atoms with Crippen molar-refractivity contribution >= 4 is 63.8 Å². The van der Waals surface area contributed by atoms with Gasteiger partial charge in [-0.2, -0.15) is 5.10 Å². The molecular formula is C23H26Cl2IN3O4. The first-order chi connectivity index (χ1) is 15.7. The Morgan fingerprint density at radius 1 is 1.18 bits per heavy atom. The highest BCUT2D eigenvalue weighted by Crippen LogP contribution is 2.33. The number of benzene rings is 2. The van der Waals surface area contributed by atoms with Crippen LogP contribution in [-0.4, -0.2) is 37.8 Å². The van der Waals surface area contributed by atoms with Gasteiger partial charge in [0.25, 0.3) is 11.8 Å². The summed E-state index contributed by atoms with van der Waals surface area (Å²) in [7, 11) is 1.57. The largest absolute Gasteiger partial charge is 0.493 e. The van der Waals surface area contributed by atoms with Crippen molar-refractivity contribution in [1.29, 1.82) is 0 Å². The first kappa shape index (κ1) is 27.2. The number of hydrazone groups is 1. The molecule has 1 unspecified atom stereocenters. The van der Waals surface area contributed by atoms with Crippen LogP contribution in [0, 0.1) is 9.49 Å². The zero-order valence-corrected chi connectivity index (χ0v) is 22.4. The molecular weight excluding hydrogens is 580 g/mol. The summed E-state index contributed by atoms with van der Waals surface area (Å²) in [5, 5.41) is 7.37. The van der Waals surface area contributed by atoms with E-state index in [0.29, 0.717) is 28.7 Å². The van der Waals surface area contributed by atoms with Crippen molar-refractivity contribution in [2.24, 2.45) is 11.0 Å². The van der Waals surface area contributed by atoms with Crippen molar-refractivity contribution in [3.05, 3.63) is 55.1 Å². The number of carbonyl (C=O) groups is 2. The number of rotatable bonds is 10. The third kappa shape index (κ3) is 7.75. The normalized spacial score (nSPS) is 12.0. The lowest BCUT2D eigenvalue weighted by Crippen LogP contribution is -2.48. The Balaban J connectivity index is 2.09. The van der Waals surface area contributed by atoms with Gasteiger partial charge >= 0.3 is 0 Å². The van der Waals surface area contributed by atoms with Crippen LogP contribution in [0.5, 0.6) is 11.5 Å². The minimum absolute atomic E-state index is 0.178. The molecule has 2 aromatic rings. The Morgan fingerprint density at radius 3 is 2.52 bits per heavy atom. The second-order valence-electron chi connectivity index (χ2n) is 7.44. The van der Waals surface area contributed by atoms with Crippen LogP contribution in [0.2, 0.25) is 10.0 Å². The van der Waals surface area contributed by atoms with Crippen LogP contribution in [0.1, 0.15) is 43.1 Å². The molecule has 0 fully saturated rings. The molecule has 0 spiro atoms. The number of hydrogen-bond acceptors (Lipinski definition) is 5. The summed E-state index contributed by atoms with van der Waals surface area (Å²) in [6.45, 7) is 6.26. The lowest BCUT2D eigenvalue weighted by Gasteiger charge is -2.20. The lowest BCUT2D eigenvalue weighted by molar-refractivity contribution is -0.123. The molecule has 2 N–H and O–H groups in total. The van der Waals surface area contributed by atoms with Gasteiger partial charge in [-0.1, -0.05) is 44.0 Å². The van der Waals surface area contributed by atoms with Crippen molar-refractivity contribution in [2.45, 2.75) is 33.2 Å². The predicted molar refractivity (Wildman–Crippen MR) is 140 cm³/mol. The monoisotopic (exact) mass is 605 g/mol. The van der Waals surface area contributed by atoms with Crippen LogP contribution in [0.15, 0.2) is 35.4 Å². The highest BCUT2D eigenvalue weighted by Gasteiger charge is 2.24. The van der Waals surface area contributed by atoms with Crippen LogP contribution < -0.4 is 20.2 Å². The molecule has 0 aliphatic rings. The van der Waals surface area contributed by atoms with E-state index in [0.717, 1.165) is 15.6 Å². The summed E-state index contributed by atoms with van der Waals surface area (Å²) < 4.78 is 12.0. The summed E-state index contributed by atoms with van der Waals surface area (Å²) in [5.74, 6) is 0.193. The van der Waals surface area contributed by atoms with E-state index < -0.39 is 17.9 Å². The molecule has 2 aromatic carbocycles. The molecule has 10 heteroatoms. The number of nitrogens with one attached hydrogen (secondary N) is 2. The van der Waals surface area contributed by atoms with E-state index in [-0.39, 0.29) is 10.9 Å². The van der Waals surface area contributed by atoms with Gasteiger partial charge < -0.3 is 14.8 Å². The van der Waals surface area contributed by atoms with E-state index in [1.807, 2.05) is 26.8 Å². The molecule has 2 rings (SSSR count). The molecule has 178 valence electrons. The maximum Gasteiger partial charge on any atom is 0.262 e. The van der Waals surface area contributed by atoms with Crippen LogP contribution in [0.3, 0.4) is 0 Å². The Kier molecular flexibility index (Phi) is 10.7. The summed E-state index contributed by atoms with van der Waals surface area (Å²) in [6.07, 6.45) is 2.39. The first-order valence-corrected chi connectivity index (χ1v) is 12.1. The second kappa shape index (κ2) is 13.0. The van der Waals surface area contributed by atoms with Crippen LogP contribution >= 0.6 is 45.8 Å². The van der Waals surface area contributed by atoms with E-state index in [1.165, 1.54) is 18.3 Å². The van der Waals surface area contributed by atoms with E-state index >= 15 is 0 Å². The SMILES string of the molecule is CCCOc1c(I)cc(/C=N/NC(=O)C(NC(=O)c2ccc(Cl)c(Cl)c2)C(C)C)cc1OC. The second-order valence-corrected chi connectivity index (χ2v) is 9.42. The quantitative estimate of drug-likeness (QED) is 0.218. The molecule has 0 heterocycles. The van der Waals surface area contributed by atoms with Crippen LogP contribution in [-0.2, 0) is 4.79 Å². The Morgan fingerprint density at radius 2 is 1.91 bits per heavy atom. The van der Waals surface area contributed by atoms with Gasteiger partial charge in [0.15, 0.2) is 11.5 Å². The number of halogens is 3. The molecule has 0 aromatic heterocycles. The van der Waals surface area contributed by atoms with Gasteiger partial charge in [0.2, 0.25) is 0 Å². The van der Waals surface area contributed by atoms with Crippen molar-refractivity contribution in [2.75, 3.05) is 13.7 Å². The van der Waals surface area contributed by atoms with Gasteiger partial charge in [0.1, 0.15) is 6.04 Å². The molecule has 7 nitrogen and oxygen atoms in total. The van der Waals surface area contributed by atoms with Gasteiger partial charge in [0, 0.05) is 5.56 Å². The minimum atomic E-state index is -0.802. The summed E-state index contributed by atoms with van der Waals surface area (Å²) in [6, 6.07) is 7.37. The van der Waals surface area contributed by atoms with Gasteiger partial charge in [-0.05, 0) is 70.8 Å². The summed E-state index contributed by atoms with van der Waals surface area (Å²) in [5.41, 5.74) is 3.52. The predicted octanol–water partition coefficient (Wildman–Crippen LogP) is 5.30. The first-order valence-electron chi connectivity index (χ1n) is 10.3. The van der Waals surface area contributed by atoms with E-state index in [9.17, 15) is 9.59 Å². The number of hydrogen-bond donors (Lipinski definition) is 2. The number of methoxy groups -OCH3 is 1. The summed E-state index contributed by atoms with van der Waals surface area (Å²) in [4.78, 5) is 25.3. The topological polar surface area (TPSA) is 89.0 Å². The van der Waals surface area contributed by atoms with E-state index in [4.69, 9.17) is 32.7 Å². The highest BCUT2D eigenvalue weighted by molar-refractivity contribution is 14.1. The van der Waals surface area contributed by atoms with Gasteiger partial charge in [-0.25, -0.2) is 5.43 Å². The molecule has 0 aliphatic carbocycles. The van der Waals surface area contributed by atoms with Gasteiger partial charge in [-0.15, -0.1) is 0 Å². The van der Waals surface area contributed by atoms with E-state index in [2.05, 4.69) is 38.4 Å². The van der Waals surface area contributed by atoms with Crippen LogP contribution in [0.4, 0.5) is 0 Å². The Hall–Kier alpha value is -2.04. The highest BCUT2D eigenvalue weighted by atomic mass is 127. The molecule has 0 saturated carbocycles. The van der Waals surface area contributed by atoms with Crippen molar-refractivity contribution in [1.82, 2.24) is 10.7 Å². The minimum Gasteiger partial charge on any atom is -0.493 e. The molecule has 2 amide bonds. The number of amides is 2. The summed E-state index contributed by atoms with van der Waals surface area (Å²) >= 11 is 14.0. The smallest absolute Gasteiger partial charge is 0.262 e. The third-order valence-corrected chi connectivity index (χ3v) is 6.05. The third-order valence-electron chi connectivity index (χ3n) is 4.51. The maximum absolute atomic E-state index is 12.7. The number of nitrogens with zero attached hydrogens (tertiary/aromatic N) is 1. The molecule has 33 heavy (non-hydrogen) atoms. The average molecular weight is 606 g/mol. The van der Waals surface area contributed by atoms with Gasteiger partial charge in [0.05, 0.1) is 33.5 Å². The molecule has 0 bridgehead atoms. The van der Waals surface area contributed by atoms with Crippen molar-refractivity contribution in [3.8, 4) is 11.5 Å². The molecule has 0 aliphatic heterocycles. The maximum atomic E-state index is 12.7. The fraction of sp³-hybridized carbons (Fsp3) is 0.348. The lowest BCUT2D eigenvalue weighted by atomic mass is 10.0. The fourth-order valence-corrected chi connectivity index (χ4v) is 3.87. The molecule has 1 atom stereocenters. The van der Waals surface area contributed by atoms with Crippen molar-refractivity contribution in [3.63, 3.8) is 0 Å². The number of carbonyl (C=O) groups excluding carboxylic acids is 2.